The molecular formula is C21H22N2O5. The number of hydrogen-bond acceptors (Lipinski definition) is 4. The van der Waals surface area contributed by atoms with Crippen LogP contribution in [0.1, 0.15) is 40.4 Å². The second kappa shape index (κ2) is 7.34. The van der Waals surface area contributed by atoms with E-state index in [2.05, 4.69) is 5.32 Å². The molecule has 7 heteroatoms. The van der Waals surface area contributed by atoms with Crippen molar-refractivity contribution in [3.63, 3.8) is 0 Å². The van der Waals surface area contributed by atoms with Crippen molar-refractivity contribution in [2.75, 3.05) is 7.11 Å². The third-order valence-electron chi connectivity index (χ3n) is 5.14. The molecule has 2 aromatic carbocycles. The summed E-state index contributed by atoms with van der Waals surface area (Å²) in [4.78, 5) is 38.0. The first-order valence-electron chi connectivity index (χ1n) is 8.94. The van der Waals surface area contributed by atoms with E-state index in [0.29, 0.717) is 23.3 Å². The lowest BCUT2D eigenvalue weighted by molar-refractivity contribution is -0.132. The molecule has 1 saturated heterocycles. The lowest BCUT2D eigenvalue weighted by Gasteiger charge is -2.26. The van der Waals surface area contributed by atoms with E-state index < -0.39 is 17.5 Å². The molecule has 0 saturated carbocycles. The van der Waals surface area contributed by atoms with Gasteiger partial charge in [-0.1, -0.05) is 25.1 Å². The highest BCUT2D eigenvalue weighted by Gasteiger charge is 2.51. The van der Waals surface area contributed by atoms with Gasteiger partial charge in [0.15, 0.2) is 0 Å². The Morgan fingerprint density at radius 1 is 1.18 bits per heavy atom. The zero-order valence-electron chi connectivity index (χ0n) is 16.0. The summed E-state index contributed by atoms with van der Waals surface area (Å²) < 4.78 is 5.28. The number of aryl methyl sites for hydroxylation is 1. The van der Waals surface area contributed by atoms with Crippen molar-refractivity contribution < 1.29 is 24.2 Å². The van der Waals surface area contributed by atoms with Crippen molar-refractivity contribution in [1.82, 2.24) is 10.2 Å². The summed E-state index contributed by atoms with van der Waals surface area (Å²) in [5.74, 6) is -0.643. The molecule has 1 fully saturated rings. The average Bonchev–Trinajstić information content (AvgIpc) is 2.93. The van der Waals surface area contributed by atoms with Gasteiger partial charge in [0.2, 0.25) is 0 Å². The van der Waals surface area contributed by atoms with E-state index >= 15 is 0 Å². The number of carbonyl (C=O) groups is 3. The lowest BCUT2D eigenvalue weighted by atomic mass is 9.86. The van der Waals surface area contributed by atoms with Gasteiger partial charge in [0, 0.05) is 0 Å². The number of nitrogens with one attached hydrogen (secondary N) is 1. The Hall–Kier alpha value is -3.35. The molecule has 1 atom stereocenters. The van der Waals surface area contributed by atoms with Gasteiger partial charge in [0.25, 0.3) is 5.91 Å². The molecule has 2 aromatic rings. The van der Waals surface area contributed by atoms with Crippen LogP contribution in [0.3, 0.4) is 0 Å². The maximum atomic E-state index is 13.2. The number of nitrogens with zero attached hydrogens (tertiary/aromatic N) is 1. The predicted molar refractivity (Wildman–Crippen MR) is 102 cm³/mol. The lowest BCUT2D eigenvalue weighted by Crippen LogP contribution is -2.43. The molecule has 2 N–H and O–H groups in total. The van der Waals surface area contributed by atoms with Crippen LogP contribution in [0.4, 0.5) is 4.79 Å². The number of amides is 3. The highest BCUT2D eigenvalue weighted by molar-refractivity contribution is 6.07. The van der Waals surface area contributed by atoms with E-state index in [0.717, 1.165) is 5.56 Å². The molecule has 0 radical (unpaired) electrons. The number of carboxylic acids is 1. The number of carbonyl (C=O) groups excluding carboxylic acids is 2. The molecule has 1 aliphatic heterocycles. The van der Waals surface area contributed by atoms with E-state index in [9.17, 15) is 14.4 Å². The van der Waals surface area contributed by atoms with E-state index in [1.54, 1.807) is 31.4 Å². The summed E-state index contributed by atoms with van der Waals surface area (Å²) in [5, 5.41) is 11.8. The molecule has 3 amide bonds. The Bertz CT molecular complexity index is 938. The number of methoxy groups -OCH3 is 1. The number of aromatic carboxylic acids is 1. The van der Waals surface area contributed by atoms with Gasteiger partial charge >= 0.3 is 12.0 Å². The molecule has 146 valence electrons. The summed E-state index contributed by atoms with van der Waals surface area (Å²) in [6, 6.07) is 11.1. The Balaban J connectivity index is 1.90. The normalized spacial score (nSPS) is 18.9. The van der Waals surface area contributed by atoms with Gasteiger partial charge in [-0.2, -0.15) is 0 Å². The van der Waals surface area contributed by atoms with E-state index in [1.165, 1.54) is 17.0 Å². The third-order valence-corrected chi connectivity index (χ3v) is 5.14. The number of rotatable bonds is 6. The summed E-state index contributed by atoms with van der Waals surface area (Å²) in [7, 11) is 1.58. The van der Waals surface area contributed by atoms with Gasteiger partial charge in [0.05, 0.1) is 19.2 Å². The minimum absolute atomic E-state index is 0.0709. The average molecular weight is 382 g/mol. The minimum Gasteiger partial charge on any atom is -0.496 e. The molecule has 7 nitrogen and oxygen atoms in total. The summed E-state index contributed by atoms with van der Waals surface area (Å²) in [6.07, 6.45) is 0.401. The van der Waals surface area contributed by atoms with Gasteiger partial charge in [-0.25, -0.2) is 9.59 Å². The Morgan fingerprint density at radius 3 is 2.39 bits per heavy atom. The smallest absolute Gasteiger partial charge is 0.335 e. The SMILES string of the molecule is CCC1(c2ccc(OC)c(C)c2)NC(=O)N(Cc2ccc(C(=O)O)cc2)C1=O. The van der Waals surface area contributed by atoms with Crippen LogP contribution >= 0.6 is 0 Å². The van der Waals surface area contributed by atoms with Gasteiger partial charge in [-0.3, -0.25) is 9.69 Å². The minimum atomic E-state index is -1.13. The van der Waals surface area contributed by atoms with Crippen LogP contribution in [0.5, 0.6) is 5.75 Å². The topological polar surface area (TPSA) is 95.9 Å². The Labute approximate surface area is 162 Å². The molecular weight excluding hydrogens is 360 g/mol. The van der Waals surface area contributed by atoms with Crippen LogP contribution in [0.2, 0.25) is 0 Å². The molecule has 0 aliphatic carbocycles. The van der Waals surface area contributed by atoms with Crippen molar-refractivity contribution >= 4 is 17.9 Å². The molecule has 3 rings (SSSR count). The first kappa shape index (κ1) is 19.4. The van der Waals surface area contributed by atoms with E-state index in [-0.39, 0.29) is 18.0 Å². The quantitative estimate of drug-likeness (QED) is 0.749. The zero-order valence-corrected chi connectivity index (χ0v) is 16.0. The second-order valence-corrected chi connectivity index (χ2v) is 6.77. The van der Waals surface area contributed by atoms with Crippen molar-refractivity contribution in [1.29, 1.82) is 0 Å². The van der Waals surface area contributed by atoms with E-state index in [4.69, 9.17) is 9.84 Å². The first-order valence-corrected chi connectivity index (χ1v) is 8.94. The highest BCUT2D eigenvalue weighted by atomic mass is 16.5. The van der Waals surface area contributed by atoms with Crippen molar-refractivity contribution in [2.24, 2.45) is 0 Å². The molecule has 1 aliphatic rings. The summed E-state index contributed by atoms with van der Waals surface area (Å²) >= 11 is 0. The predicted octanol–water partition coefficient (Wildman–Crippen LogP) is 3.06. The van der Waals surface area contributed by atoms with Crippen LogP contribution in [-0.2, 0) is 16.9 Å². The first-order chi connectivity index (χ1) is 13.3. The number of hydrogen-bond donors (Lipinski definition) is 2. The largest absolute Gasteiger partial charge is 0.496 e. The number of carboxylic acid groups (broad SMARTS) is 1. The summed E-state index contributed by atoms with van der Waals surface area (Å²) in [5.41, 5.74) is 1.27. The van der Waals surface area contributed by atoms with Crippen LogP contribution in [-0.4, -0.2) is 35.0 Å². The number of benzene rings is 2. The highest BCUT2D eigenvalue weighted by Crippen LogP contribution is 2.35. The molecule has 1 unspecified atom stereocenters. The fourth-order valence-electron chi connectivity index (χ4n) is 3.49. The molecule has 0 spiro atoms. The van der Waals surface area contributed by atoms with Crippen LogP contribution in [0, 0.1) is 6.92 Å². The zero-order chi connectivity index (χ0) is 20.5. The van der Waals surface area contributed by atoms with Gasteiger partial charge in [0.1, 0.15) is 11.3 Å². The Kier molecular flexibility index (Phi) is 5.09. The van der Waals surface area contributed by atoms with Gasteiger partial charge in [-0.15, -0.1) is 0 Å². The van der Waals surface area contributed by atoms with Crippen LogP contribution < -0.4 is 10.1 Å². The number of ether oxygens (including phenoxy) is 1. The molecule has 0 aromatic heterocycles. The van der Waals surface area contributed by atoms with Gasteiger partial charge < -0.3 is 15.2 Å². The molecule has 1 heterocycles. The van der Waals surface area contributed by atoms with E-state index in [1.807, 2.05) is 19.9 Å². The third kappa shape index (κ3) is 3.19. The molecule has 28 heavy (non-hydrogen) atoms. The monoisotopic (exact) mass is 382 g/mol. The maximum Gasteiger partial charge on any atom is 0.335 e. The van der Waals surface area contributed by atoms with Crippen molar-refractivity contribution in [2.45, 2.75) is 32.4 Å². The molecule has 0 bridgehead atoms. The van der Waals surface area contributed by atoms with Crippen molar-refractivity contribution in [3.8, 4) is 5.75 Å². The van der Waals surface area contributed by atoms with Crippen molar-refractivity contribution in [3.05, 3.63) is 64.7 Å². The number of urea groups is 1. The van der Waals surface area contributed by atoms with Gasteiger partial charge in [-0.05, 0) is 54.3 Å². The van der Waals surface area contributed by atoms with Crippen LogP contribution in [0.15, 0.2) is 42.5 Å². The fourth-order valence-corrected chi connectivity index (χ4v) is 3.49. The maximum absolute atomic E-state index is 13.2. The number of imide groups is 1. The standard InChI is InChI=1S/C21H22N2O5/c1-4-21(16-9-10-17(28-3)13(2)11-16)19(26)23(20(27)22-21)12-14-5-7-15(8-6-14)18(24)25/h5-11H,4,12H2,1-3H3,(H,22,27)(H,24,25). The Morgan fingerprint density at radius 2 is 1.86 bits per heavy atom. The summed E-state index contributed by atoms with van der Waals surface area (Å²) in [6.45, 7) is 3.80. The van der Waals surface area contributed by atoms with Crippen LogP contribution in [0.25, 0.3) is 0 Å². The second-order valence-electron chi connectivity index (χ2n) is 6.77. The fraction of sp³-hybridized carbons (Fsp3) is 0.286.